The second-order valence-electron chi connectivity index (χ2n) is 6.26. The summed E-state index contributed by atoms with van der Waals surface area (Å²) in [5, 5.41) is 12.3. The summed E-state index contributed by atoms with van der Waals surface area (Å²) in [7, 11) is 0. The molecule has 0 aromatic rings. The van der Waals surface area contributed by atoms with Crippen molar-refractivity contribution in [3.8, 4) is 0 Å². The largest absolute Gasteiger partial charge is 0.396 e. The lowest BCUT2D eigenvalue weighted by molar-refractivity contribution is -0.148. The zero-order chi connectivity index (χ0) is 13.2. The van der Waals surface area contributed by atoms with Crippen LogP contribution in [0.15, 0.2) is 0 Å². The number of amides is 1. The summed E-state index contributed by atoms with van der Waals surface area (Å²) >= 11 is 0. The summed E-state index contributed by atoms with van der Waals surface area (Å²) < 4.78 is 0. The second kappa shape index (κ2) is 5.57. The molecule has 4 heteroatoms. The Balaban J connectivity index is 2.13. The maximum absolute atomic E-state index is 12.6. The van der Waals surface area contributed by atoms with E-state index in [1.807, 2.05) is 0 Å². The lowest BCUT2D eigenvalue weighted by atomic mass is 9.87. The van der Waals surface area contributed by atoms with Crippen molar-refractivity contribution in [1.29, 1.82) is 0 Å². The molecular weight excluding hydrogens is 228 g/mol. The molecule has 1 aliphatic heterocycles. The third-order valence-electron chi connectivity index (χ3n) is 4.33. The molecule has 1 heterocycles. The Kier molecular flexibility index (Phi) is 4.28. The highest BCUT2D eigenvalue weighted by Gasteiger charge is 2.43. The molecule has 1 saturated carbocycles. The molecule has 0 spiro atoms. The highest BCUT2D eigenvalue weighted by molar-refractivity contribution is 5.84. The Hall–Kier alpha value is -0.610. The molecule has 18 heavy (non-hydrogen) atoms. The van der Waals surface area contributed by atoms with Crippen molar-refractivity contribution in [2.24, 2.45) is 0 Å². The minimum absolute atomic E-state index is 0.0718. The summed E-state index contributed by atoms with van der Waals surface area (Å²) in [6.07, 6.45) is 6.59. The van der Waals surface area contributed by atoms with Crippen molar-refractivity contribution >= 4 is 5.91 Å². The van der Waals surface area contributed by atoms with E-state index in [9.17, 15) is 4.79 Å². The third kappa shape index (κ3) is 2.69. The van der Waals surface area contributed by atoms with E-state index in [4.69, 9.17) is 5.11 Å². The Morgan fingerprint density at radius 1 is 1.33 bits per heavy atom. The lowest BCUT2D eigenvalue weighted by Crippen LogP contribution is -2.68. The molecule has 104 valence electrons. The maximum atomic E-state index is 12.6. The normalized spacial score (nSPS) is 29.6. The van der Waals surface area contributed by atoms with E-state index in [1.54, 1.807) is 0 Å². The van der Waals surface area contributed by atoms with Crippen LogP contribution in [-0.2, 0) is 4.79 Å². The Morgan fingerprint density at radius 2 is 2.00 bits per heavy atom. The van der Waals surface area contributed by atoms with Crippen LogP contribution >= 0.6 is 0 Å². The quantitative estimate of drug-likeness (QED) is 0.798. The lowest BCUT2D eigenvalue weighted by Gasteiger charge is -2.50. The molecule has 4 nitrogen and oxygen atoms in total. The number of nitrogens with one attached hydrogen (secondary N) is 1. The van der Waals surface area contributed by atoms with Gasteiger partial charge in [-0.3, -0.25) is 4.79 Å². The fraction of sp³-hybridized carbons (Fsp3) is 0.929. The minimum Gasteiger partial charge on any atom is -0.396 e. The van der Waals surface area contributed by atoms with Gasteiger partial charge in [0.2, 0.25) is 5.91 Å². The van der Waals surface area contributed by atoms with Crippen molar-refractivity contribution in [3.05, 3.63) is 0 Å². The molecule has 2 N–H and O–H groups in total. The number of aliphatic hydroxyl groups excluding tert-OH is 1. The average Bonchev–Trinajstić information content (AvgIpc) is 2.34. The van der Waals surface area contributed by atoms with Crippen molar-refractivity contribution in [2.75, 3.05) is 13.2 Å². The van der Waals surface area contributed by atoms with E-state index in [1.165, 1.54) is 19.3 Å². The molecule has 1 unspecified atom stereocenters. The van der Waals surface area contributed by atoms with Gasteiger partial charge in [0.25, 0.3) is 0 Å². The van der Waals surface area contributed by atoms with Gasteiger partial charge in [0.05, 0.1) is 11.6 Å². The number of nitrogens with zero attached hydrogens (tertiary/aromatic N) is 1. The van der Waals surface area contributed by atoms with Gasteiger partial charge < -0.3 is 15.3 Å². The molecule has 1 aliphatic carbocycles. The van der Waals surface area contributed by atoms with E-state index >= 15 is 0 Å². The fourth-order valence-electron chi connectivity index (χ4n) is 3.38. The molecule has 2 aliphatic rings. The number of piperazine rings is 1. The van der Waals surface area contributed by atoms with Crippen molar-refractivity contribution in [3.63, 3.8) is 0 Å². The van der Waals surface area contributed by atoms with Crippen LogP contribution in [0.3, 0.4) is 0 Å². The van der Waals surface area contributed by atoms with E-state index in [0.717, 1.165) is 19.4 Å². The van der Waals surface area contributed by atoms with Gasteiger partial charge in [-0.25, -0.2) is 0 Å². The predicted octanol–water partition coefficient (Wildman–Crippen LogP) is 1.28. The van der Waals surface area contributed by atoms with Crippen molar-refractivity contribution < 1.29 is 9.90 Å². The molecule has 0 aromatic carbocycles. The topological polar surface area (TPSA) is 52.6 Å². The smallest absolute Gasteiger partial charge is 0.240 e. The van der Waals surface area contributed by atoms with Gasteiger partial charge in [-0.05, 0) is 33.1 Å². The molecule has 1 saturated heterocycles. The van der Waals surface area contributed by atoms with Crippen LogP contribution in [0.25, 0.3) is 0 Å². The summed E-state index contributed by atoms with van der Waals surface area (Å²) in [6, 6.07) is 0.217. The van der Waals surface area contributed by atoms with Crippen LogP contribution in [0, 0.1) is 0 Å². The average molecular weight is 254 g/mol. The van der Waals surface area contributed by atoms with Gasteiger partial charge >= 0.3 is 0 Å². The summed E-state index contributed by atoms with van der Waals surface area (Å²) in [6.45, 7) is 5.17. The van der Waals surface area contributed by atoms with Crippen LogP contribution < -0.4 is 5.32 Å². The maximum Gasteiger partial charge on any atom is 0.240 e. The predicted molar refractivity (Wildman–Crippen MR) is 71.3 cm³/mol. The monoisotopic (exact) mass is 254 g/mol. The molecule has 1 atom stereocenters. The van der Waals surface area contributed by atoms with Crippen LogP contribution in [0.5, 0.6) is 0 Å². The number of aliphatic hydroxyl groups is 1. The zero-order valence-corrected chi connectivity index (χ0v) is 11.6. The molecule has 0 radical (unpaired) electrons. The second-order valence-corrected chi connectivity index (χ2v) is 6.26. The highest BCUT2D eigenvalue weighted by atomic mass is 16.3. The molecular formula is C14H26N2O2. The number of carbonyl (C=O) groups is 1. The SMILES string of the molecule is CC1(C)CNC(CCO)C(=O)N1C1CCCCC1. The first-order chi connectivity index (χ1) is 8.56. The Labute approximate surface area is 110 Å². The molecule has 2 rings (SSSR count). The first-order valence-electron chi connectivity index (χ1n) is 7.23. The third-order valence-corrected chi connectivity index (χ3v) is 4.33. The first-order valence-corrected chi connectivity index (χ1v) is 7.23. The molecule has 0 bridgehead atoms. The Bertz CT molecular complexity index is 298. The molecule has 1 amide bonds. The summed E-state index contributed by atoms with van der Waals surface area (Å²) in [5.74, 6) is 0.187. The van der Waals surface area contributed by atoms with Crippen LogP contribution in [0.1, 0.15) is 52.4 Å². The first kappa shape index (κ1) is 13.8. The number of rotatable bonds is 3. The summed E-state index contributed by atoms with van der Waals surface area (Å²) in [5.41, 5.74) is -0.106. The van der Waals surface area contributed by atoms with Crippen molar-refractivity contribution in [1.82, 2.24) is 10.2 Å². The number of hydrogen-bond acceptors (Lipinski definition) is 3. The zero-order valence-electron chi connectivity index (χ0n) is 11.6. The van der Waals surface area contributed by atoms with Crippen molar-refractivity contribution in [2.45, 2.75) is 70.0 Å². The van der Waals surface area contributed by atoms with Gasteiger partial charge in [0.1, 0.15) is 0 Å². The number of carbonyl (C=O) groups excluding carboxylic acids is 1. The minimum atomic E-state index is -0.190. The van der Waals surface area contributed by atoms with E-state index in [0.29, 0.717) is 12.5 Å². The Morgan fingerprint density at radius 3 is 2.61 bits per heavy atom. The van der Waals surface area contributed by atoms with Gasteiger partial charge in [-0.2, -0.15) is 0 Å². The number of hydrogen-bond donors (Lipinski definition) is 2. The molecule has 2 fully saturated rings. The summed E-state index contributed by atoms with van der Waals surface area (Å²) in [4.78, 5) is 14.7. The van der Waals surface area contributed by atoms with Gasteiger partial charge in [0.15, 0.2) is 0 Å². The van der Waals surface area contributed by atoms with Gasteiger partial charge in [0, 0.05) is 19.2 Å². The van der Waals surface area contributed by atoms with Crippen LogP contribution in [0.4, 0.5) is 0 Å². The van der Waals surface area contributed by atoms with E-state index < -0.39 is 0 Å². The highest BCUT2D eigenvalue weighted by Crippen LogP contribution is 2.31. The molecule has 0 aromatic heterocycles. The van der Waals surface area contributed by atoms with E-state index in [-0.39, 0.29) is 24.1 Å². The van der Waals surface area contributed by atoms with Gasteiger partial charge in [-0.1, -0.05) is 19.3 Å². The van der Waals surface area contributed by atoms with Crippen LogP contribution in [-0.4, -0.2) is 46.7 Å². The standard InChI is InChI=1S/C14H26N2O2/c1-14(2)10-15-12(8-9-17)13(18)16(14)11-6-4-3-5-7-11/h11-12,15,17H,3-10H2,1-2H3. The van der Waals surface area contributed by atoms with Crippen LogP contribution in [0.2, 0.25) is 0 Å². The van der Waals surface area contributed by atoms with Gasteiger partial charge in [-0.15, -0.1) is 0 Å². The fourth-order valence-corrected chi connectivity index (χ4v) is 3.38. The van der Waals surface area contributed by atoms with E-state index in [2.05, 4.69) is 24.1 Å².